The van der Waals surface area contributed by atoms with Crippen molar-refractivity contribution < 1.29 is 8.42 Å². The molecule has 7 heteroatoms. The summed E-state index contributed by atoms with van der Waals surface area (Å²) >= 11 is 0. The second-order valence-corrected chi connectivity index (χ2v) is 5.55. The van der Waals surface area contributed by atoms with Gasteiger partial charge in [0.1, 0.15) is 4.90 Å². The molecule has 16 heavy (non-hydrogen) atoms. The minimum absolute atomic E-state index is 0.0266. The van der Waals surface area contributed by atoms with Crippen molar-refractivity contribution in [2.45, 2.75) is 37.6 Å². The number of nitrogens with zero attached hydrogens (tertiary/aromatic N) is 2. The van der Waals surface area contributed by atoms with Crippen LogP contribution in [0.2, 0.25) is 0 Å². The standard InChI is InChI=1S/C9H18N4O2S/c1-4-5-7(2)12-16(14,15)8-6-13(3)11-9(8)10/h6-7,12H,4-5H2,1-3H3,(H2,10,11). The number of hydrogen-bond donors (Lipinski definition) is 2. The molecule has 1 aromatic rings. The van der Waals surface area contributed by atoms with Gasteiger partial charge in [0, 0.05) is 19.3 Å². The van der Waals surface area contributed by atoms with Gasteiger partial charge in [-0.25, -0.2) is 13.1 Å². The van der Waals surface area contributed by atoms with E-state index in [1.807, 2.05) is 13.8 Å². The Morgan fingerprint density at radius 1 is 1.62 bits per heavy atom. The van der Waals surface area contributed by atoms with Gasteiger partial charge >= 0.3 is 0 Å². The lowest BCUT2D eigenvalue weighted by atomic mass is 10.2. The average molecular weight is 246 g/mol. The lowest BCUT2D eigenvalue weighted by Gasteiger charge is -2.12. The second-order valence-electron chi connectivity index (χ2n) is 3.86. The van der Waals surface area contributed by atoms with Gasteiger partial charge in [0.05, 0.1) is 0 Å². The van der Waals surface area contributed by atoms with Crippen LogP contribution in [0.5, 0.6) is 0 Å². The molecular formula is C9H18N4O2S. The van der Waals surface area contributed by atoms with Crippen LogP contribution >= 0.6 is 0 Å². The number of rotatable bonds is 5. The van der Waals surface area contributed by atoms with E-state index in [9.17, 15) is 8.42 Å². The van der Waals surface area contributed by atoms with Crippen molar-refractivity contribution in [3.05, 3.63) is 6.20 Å². The molecule has 0 amide bonds. The molecule has 0 aliphatic heterocycles. The van der Waals surface area contributed by atoms with Gasteiger partial charge in [-0.15, -0.1) is 0 Å². The number of aryl methyl sites for hydroxylation is 1. The van der Waals surface area contributed by atoms with Gasteiger partial charge in [0.2, 0.25) is 10.0 Å². The highest BCUT2D eigenvalue weighted by atomic mass is 32.2. The van der Waals surface area contributed by atoms with Gasteiger partial charge in [-0.2, -0.15) is 5.10 Å². The number of anilines is 1. The van der Waals surface area contributed by atoms with E-state index in [0.29, 0.717) is 0 Å². The van der Waals surface area contributed by atoms with E-state index >= 15 is 0 Å². The molecule has 92 valence electrons. The Hall–Kier alpha value is -1.08. The van der Waals surface area contributed by atoms with Crippen molar-refractivity contribution in [2.24, 2.45) is 7.05 Å². The molecule has 0 fully saturated rings. The van der Waals surface area contributed by atoms with E-state index in [1.54, 1.807) is 7.05 Å². The van der Waals surface area contributed by atoms with Gasteiger partial charge in [-0.05, 0) is 13.3 Å². The van der Waals surface area contributed by atoms with E-state index in [1.165, 1.54) is 10.9 Å². The fraction of sp³-hybridized carbons (Fsp3) is 0.667. The van der Waals surface area contributed by atoms with E-state index in [0.717, 1.165) is 12.8 Å². The fourth-order valence-electron chi connectivity index (χ4n) is 1.51. The highest BCUT2D eigenvalue weighted by Gasteiger charge is 2.22. The number of nitrogen functional groups attached to an aromatic ring is 1. The van der Waals surface area contributed by atoms with Crippen LogP contribution in [-0.2, 0) is 17.1 Å². The Morgan fingerprint density at radius 2 is 2.25 bits per heavy atom. The molecule has 0 spiro atoms. The number of hydrogen-bond acceptors (Lipinski definition) is 4. The Balaban J connectivity index is 2.90. The Bertz CT molecular complexity index is 452. The zero-order chi connectivity index (χ0) is 12.3. The minimum Gasteiger partial charge on any atom is -0.381 e. The van der Waals surface area contributed by atoms with Crippen LogP contribution in [0.4, 0.5) is 5.82 Å². The topological polar surface area (TPSA) is 90.0 Å². The van der Waals surface area contributed by atoms with Crippen LogP contribution in [0.3, 0.4) is 0 Å². The summed E-state index contributed by atoms with van der Waals surface area (Å²) in [5.74, 6) is 0.0266. The molecule has 0 bridgehead atoms. The summed E-state index contributed by atoms with van der Waals surface area (Å²) in [5.41, 5.74) is 5.53. The Kier molecular flexibility index (Phi) is 3.93. The van der Waals surface area contributed by atoms with Crippen LogP contribution < -0.4 is 10.5 Å². The van der Waals surface area contributed by atoms with Crippen LogP contribution in [0.1, 0.15) is 26.7 Å². The quantitative estimate of drug-likeness (QED) is 0.790. The van der Waals surface area contributed by atoms with E-state index in [2.05, 4.69) is 9.82 Å². The van der Waals surface area contributed by atoms with Crippen molar-refractivity contribution >= 4 is 15.8 Å². The molecular weight excluding hydrogens is 228 g/mol. The summed E-state index contributed by atoms with van der Waals surface area (Å²) in [6.07, 6.45) is 3.11. The largest absolute Gasteiger partial charge is 0.381 e. The van der Waals surface area contributed by atoms with E-state index in [4.69, 9.17) is 5.73 Å². The SMILES string of the molecule is CCCC(C)NS(=O)(=O)c1cn(C)nc1N. The predicted molar refractivity (Wildman–Crippen MR) is 62.3 cm³/mol. The van der Waals surface area contributed by atoms with Gasteiger partial charge < -0.3 is 5.73 Å². The number of nitrogens with one attached hydrogen (secondary N) is 1. The molecule has 0 saturated heterocycles. The molecule has 1 rings (SSSR count). The third-order valence-corrected chi connectivity index (χ3v) is 3.80. The van der Waals surface area contributed by atoms with Gasteiger partial charge in [-0.3, -0.25) is 4.68 Å². The molecule has 1 atom stereocenters. The lowest BCUT2D eigenvalue weighted by Crippen LogP contribution is -2.32. The molecule has 3 N–H and O–H groups in total. The average Bonchev–Trinajstić information content (AvgIpc) is 2.45. The summed E-state index contributed by atoms with van der Waals surface area (Å²) < 4.78 is 27.8. The normalized spacial score (nSPS) is 13.9. The summed E-state index contributed by atoms with van der Waals surface area (Å²) in [5, 5.41) is 3.81. The molecule has 0 radical (unpaired) electrons. The molecule has 1 aromatic heterocycles. The number of nitrogens with two attached hydrogens (primary N) is 1. The van der Waals surface area contributed by atoms with Crippen LogP contribution in [-0.4, -0.2) is 24.2 Å². The zero-order valence-corrected chi connectivity index (χ0v) is 10.6. The monoisotopic (exact) mass is 246 g/mol. The first-order chi connectivity index (χ1) is 7.36. The van der Waals surface area contributed by atoms with E-state index < -0.39 is 10.0 Å². The predicted octanol–water partition coefficient (Wildman–Crippen LogP) is 0.469. The van der Waals surface area contributed by atoms with Crippen LogP contribution in [0.15, 0.2) is 11.1 Å². The van der Waals surface area contributed by atoms with Crippen molar-refractivity contribution in [3.8, 4) is 0 Å². The smallest absolute Gasteiger partial charge is 0.246 e. The van der Waals surface area contributed by atoms with Crippen LogP contribution in [0.25, 0.3) is 0 Å². The van der Waals surface area contributed by atoms with Crippen molar-refractivity contribution in [1.29, 1.82) is 0 Å². The first-order valence-electron chi connectivity index (χ1n) is 5.18. The van der Waals surface area contributed by atoms with Gasteiger partial charge in [-0.1, -0.05) is 13.3 Å². The minimum atomic E-state index is -3.55. The zero-order valence-electron chi connectivity index (χ0n) is 9.77. The third-order valence-electron chi connectivity index (χ3n) is 2.19. The highest BCUT2D eigenvalue weighted by molar-refractivity contribution is 7.89. The first-order valence-corrected chi connectivity index (χ1v) is 6.66. The molecule has 0 aliphatic rings. The molecule has 6 nitrogen and oxygen atoms in total. The Labute approximate surface area is 95.9 Å². The maximum atomic E-state index is 11.9. The molecule has 1 heterocycles. The number of aromatic nitrogens is 2. The lowest BCUT2D eigenvalue weighted by molar-refractivity contribution is 0.544. The summed E-state index contributed by atoms with van der Waals surface area (Å²) in [4.78, 5) is 0.0398. The summed E-state index contributed by atoms with van der Waals surface area (Å²) in [6, 6.07) is -0.102. The molecule has 0 aromatic carbocycles. The second kappa shape index (κ2) is 4.84. The van der Waals surface area contributed by atoms with Crippen molar-refractivity contribution in [1.82, 2.24) is 14.5 Å². The molecule has 1 unspecified atom stereocenters. The van der Waals surface area contributed by atoms with Crippen LogP contribution in [0, 0.1) is 0 Å². The maximum Gasteiger partial charge on any atom is 0.246 e. The fourth-order valence-corrected chi connectivity index (χ4v) is 2.89. The Morgan fingerprint density at radius 3 is 2.69 bits per heavy atom. The van der Waals surface area contributed by atoms with Gasteiger partial charge in [0.15, 0.2) is 5.82 Å². The first kappa shape index (κ1) is 13.0. The molecule has 0 aliphatic carbocycles. The molecule has 0 saturated carbocycles. The summed E-state index contributed by atoms with van der Waals surface area (Å²) in [6.45, 7) is 3.83. The highest BCUT2D eigenvalue weighted by Crippen LogP contribution is 2.16. The third kappa shape index (κ3) is 2.96. The van der Waals surface area contributed by atoms with E-state index in [-0.39, 0.29) is 16.8 Å². The summed E-state index contributed by atoms with van der Waals surface area (Å²) in [7, 11) is -1.92. The van der Waals surface area contributed by atoms with Crippen molar-refractivity contribution in [3.63, 3.8) is 0 Å². The maximum absolute atomic E-state index is 11.9. The van der Waals surface area contributed by atoms with Gasteiger partial charge in [0.25, 0.3) is 0 Å². The number of sulfonamides is 1. The van der Waals surface area contributed by atoms with Crippen molar-refractivity contribution in [2.75, 3.05) is 5.73 Å².